The van der Waals surface area contributed by atoms with Gasteiger partial charge in [0.05, 0.1) is 27.9 Å². The zero-order valence-corrected chi connectivity index (χ0v) is 26.0. The Morgan fingerprint density at radius 3 is 2.47 bits per heavy atom. The van der Waals surface area contributed by atoms with E-state index in [1.54, 1.807) is 18.2 Å². The Hall–Kier alpha value is -3.72. The quantitative estimate of drug-likeness (QED) is 0.102. The number of halogens is 2. The van der Waals surface area contributed by atoms with Crippen LogP contribution in [0, 0.1) is 0 Å². The van der Waals surface area contributed by atoms with Gasteiger partial charge in [0.15, 0.2) is 6.73 Å². The number of aromatic nitrogens is 1. The third-order valence-electron chi connectivity index (χ3n) is 7.08. The second kappa shape index (κ2) is 16.2. The molecule has 0 spiro atoms. The topological polar surface area (TPSA) is 73.2 Å². The van der Waals surface area contributed by atoms with Gasteiger partial charge in [0.25, 0.3) is 5.56 Å². The molecule has 1 heterocycles. The van der Waals surface area contributed by atoms with Crippen LogP contribution in [0.4, 0.5) is 10.5 Å². The molecule has 0 aliphatic carbocycles. The smallest absolute Gasteiger partial charge is 0.494 e. The highest BCUT2D eigenvalue weighted by molar-refractivity contribution is 6.43. The molecule has 0 aliphatic rings. The summed E-state index contributed by atoms with van der Waals surface area (Å²) in [5.74, 6) is 0.642. The van der Waals surface area contributed by atoms with Crippen molar-refractivity contribution in [3.8, 4) is 5.75 Å². The SMILES string of the molecule is CCN(CCN(C)CCCCOc1ccc2ccc(=O)n(COC(=O)OCc3ccccc3)c2c1)c1cccc(Cl)c1Cl. The summed E-state index contributed by atoms with van der Waals surface area (Å²) in [6, 6.07) is 23.8. The molecule has 1 aromatic heterocycles. The van der Waals surface area contributed by atoms with Crippen LogP contribution in [-0.4, -0.2) is 55.5 Å². The molecule has 0 N–H and O–H groups in total. The summed E-state index contributed by atoms with van der Waals surface area (Å²) in [5, 5.41) is 1.98. The predicted octanol–water partition coefficient (Wildman–Crippen LogP) is 7.24. The first-order chi connectivity index (χ1) is 20.9. The maximum atomic E-state index is 12.6. The normalized spacial score (nSPS) is 11.1. The van der Waals surface area contributed by atoms with Crippen molar-refractivity contribution in [1.82, 2.24) is 9.47 Å². The number of hydrogen-bond acceptors (Lipinski definition) is 7. The Morgan fingerprint density at radius 1 is 0.884 bits per heavy atom. The third kappa shape index (κ3) is 9.38. The van der Waals surface area contributed by atoms with Gasteiger partial charge < -0.3 is 24.0 Å². The fourth-order valence-corrected chi connectivity index (χ4v) is 5.04. The number of carbonyl (C=O) groups excluding carboxylic acids is 1. The number of carbonyl (C=O) groups is 1. The van der Waals surface area contributed by atoms with Crippen molar-refractivity contribution >= 4 is 45.9 Å². The van der Waals surface area contributed by atoms with Crippen molar-refractivity contribution in [2.75, 3.05) is 44.7 Å². The summed E-state index contributed by atoms with van der Waals surface area (Å²) in [7, 11) is 2.11. The first kappa shape index (κ1) is 32.2. The molecule has 4 rings (SSSR count). The summed E-state index contributed by atoms with van der Waals surface area (Å²) >= 11 is 12.6. The lowest BCUT2D eigenvalue weighted by Gasteiger charge is -2.27. The molecule has 0 amide bonds. The number of anilines is 1. The minimum Gasteiger partial charge on any atom is -0.494 e. The van der Waals surface area contributed by atoms with E-state index < -0.39 is 6.16 Å². The van der Waals surface area contributed by atoms with Crippen LogP contribution < -0.4 is 15.2 Å². The Bertz CT molecular complexity index is 1550. The fraction of sp³-hybridized carbons (Fsp3) is 0.333. The molecule has 0 radical (unpaired) electrons. The van der Waals surface area contributed by atoms with Gasteiger partial charge >= 0.3 is 6.16 Å². The van der Waals surface area contributed by atoms with E-state index in [0.29, 0.717) is 27.9 Å². The maximum Gasteiger partial charge on any atom is 0.510 e. The standard InChI is InChI=1S/C33H37Cl2N3O5/c1-3-37(29-13-9-12-28(34)32(29)35)20-19-36(2)18-7-8-21-41-27-16-14-26-15-17-31(39)38(30(26)22-27)24-43-33(40)42-23-25-10-5-4-6-11-25/h4-6,9-17,22H,3,7-8,18-21,23-24H2,1-2H3. The molecular formula is C33H37Cl2N3O5. The molecule has 4 aromatic rings. The van der Waals surface area contributed by atoms with Gasteiger partial charge in [-0.2, -0.15) is 0 Å². The molecule has 0 aliphatic heterocycles. The number of ether oxygens (including phenoxy) is 3. The third-order valence-corrected chi connectivity index (χ3v) is 7.89. The van der Waals surface area contributed by atoms with E-state index in [1.807, 2.05) is 54.6 Å². The highest BCUT2D eigenvalue weighted by Gasteiger charge is 2.12. The maximum absolute atomic E-state index is 12.6. The van der Waals surface area contributed by atoms with Crippen molar-refractivity contribution in [2.24, 2.45) is 0 Å². The van der Waals surface area contributed by atoms with Crippen LogP contribution in [-0.2, 0) is 22.8 Å². The molecule has 0 bridgehead atoms. The summed E-state index contributed by atoms with van der Waals surface area (Å²) in [6.07, 6.45) is 0.996. The Kier molecular flexibility index (Phi) is 12.1. The van der Waals surface area contributed by atoms with Gasteiger partial charge in [0.2, 0.25) is 0 Å². The number of fused-ring (bicyclic) bond motifs is 1. The van der Waals surface area contributed by atoms with Crippen LogP contribution >= 0.6 is 23.2 Å². The molecular weight excluding hydrogens is 589 g/mol. The molecule has 8 nitrogen and oxygen atoms in total. The summed E-state index contributed by atoms with van der Waals surface area (Å²) in [4.78, 5) is 29.3. The molecule has 0 saturated carbocycles. The number of benzene rings is 3. The zero-order valence-electron chi connectivity index (χ0n) is 24.5. The first-order valence-corrected chi connectivity index (χ1v) is 15.1. The number of pyridine rings is 1. The molecule has 10 heteroatoms. The number of unbranched alkanes of at least 4 members (excludes halogenated alkanes) is 1. The molecule has 43 heavy (non-hydrogen) atoms. The Labute approximate surface area is 262 Å². The predicted molar refractivity (Wildman–Crippen MR) is 172 cm³/mol. The summed E-state index contributed by atoms with van der Waals surface area (Å²) < 4.78 is 17.8. The van der Waals surface area contributed by atoms with Crippen molar-refractivity contribution in [3.63, 3.8) is 0 Å². The second-order valence-corrected chi connectivity index (χ2v) is 10.9. The average Bonchev–Trinajstić information content (AvgIpc) is 3.02. The molecule has 0 saturated heterocycles. The van der Waals surface area contributed by atoms with Crippen molar-refractivity contribution in [1.29, 1.82) is 0 Å². The van der Waals surface area contributed by atoms with E-state index in [-0.39, 0.29) is 18.9 Å². The number of nitrogens with zero attached hydrogens (tertiary/aromatic N) is 3. The van der Waals surface area contributed by atoms with E-state index in [2.05, 4.69) is 23.8 Å². The van der Waals surface area contributed by atoms with Gasteiger partial charge in [-0.15, -0.1) is 0 Å². The van der Waals surface area contributed by atoms with Gasteiger partial charge in [0.1, 0.15) is 12.4 Å². The van der Waals surface area contributed by atoms with Crippen LogP contribution in [0.1, 0.15) is 25.3 Å². The van der Waals surface area contributed by atoms with Crippen LogP contribution in [0.2, 0.25) is 10.0 Å². The number of rotatable bonds is 15. The molecule has 3 aromatic carbocycles. The van der Waals surface area contributed by atoms with Crippen molar-refractivity contribution in [2.45, 2.75) is 33.1 Å². The van der Waals surface area contributed by atoms with Gasteiger partial charge in [-0.1, -0.05) is 59.6 Å². The number of hydrogen-bond donors (Lipinski definition) is 0. The zero-order chi connectivity index (χ0) is 30.6. The highest BCUT2D eigenvalue weighted by Crippen LogP contribution is 2.32. The van der Waals surface area contributed by atoms with Crippen molar-refractivity contribution < 1.29 is 19.0 Å². The largest absolute Gasteiger partial charge is 0.510 e. The van der Waals surface area contributed by atoms with E-state index in [4.69, 9.17) is 37.4 Å². The lowest BCUT2D eigenvalue weighted by atomic mass is 10.2. The lowest BCUT2D eigenvalue weighted by Crippen LogP contribution is -2.34. The summed E-state index contributed by atoms with van der Waals surface area (Å²) in [5.41, 5.74) is 2.12. The molecule has 0 fully saturated rings. The van der Waals surface area contributed by atoms with Gasteiger partial charge in [0, 0.05) is 31.8 Å². The second-order valence-electron chi connectivity index (χ2n) is 10.1. The summed E-state index contributed by atoms with van der Waals surface area (Å²) in [6.45, 7) is 5.97. The monoisotopic (exact) mass is 625 g/mol. The molecule has 0 atom stereocenters. The van der Waals surface area contributed by atoms with E-state index in [0.717, 1.165) is 55.7 Å². The average molecular weight is 627 g/mol. The van der Waals surface area contributed by atoms with E-state index in [9.17, 15) is 9.59 Å². The molecule has 228 valence electrons. The van der Waals surface area contributed by atoms with Gasteiger partial charge in [-0.25, -0.2) is 4.79 Å². The Morgan fingerprint density at radius 2 is 1.67 bits per heavy atom. The van der Waals surface area contributed by atoms with Crippen LogP contribution in [0.25, 0.3) is 10.9 Å². The minimum absolute atomic E-state index is 0.0902. The Balaban J connectivity index is 1.23. The number of likely N-dealkylation sites (N-methyl/N-ethyl adjacent to an activating group) is 2. The van der Waals surface area contributed by atoms with Crippen molar-refractivity contribution in [3.05, 3.63) is 105 Å². The first-order valence-electron chi connectivity index (χ1n) is 14.3. The highest BCUT2D eigenvalue weighted by atomic mass is 35.5. The lowest BCUT2D eigenvalue weighted by molar-refractivity contribution is 0.0293. The van der Waals surface area contributed by atoms with Crippen LogP contribution in [0.3, 0.4) is 0 Å². The van der Waals surface area contributed by atoms with Gasteiger partial charge in [-0.05, 0) is 74.6 Å². The van der Waals surface area contributed by atoms with Crippen LogP contribution in [0.15, 0.2) is 83.7 Å². The van der Waals surface area contributed by atoms with E-state index >= 15 is 0 Å². The van der Waals surface area contributed by atoms with Crippen LogP contribution in [0.5, 0.6) is 5.75 Å². The minimum atomic E-state index is -0.846. The van der Waals surface area contributed by atoms with E-state index in [1.165, 1.54) is 10.6 Å². The molecule has 0 unspecified atom stereocenters. The fourth-order valence-electron chi connectivity index (χ4n) is 4.63. The van der Waals surface area contributed by atoms with Gasteiger partial charge in [-0.3, -0.25) is 9.36 Å².